The second-order valence-corrected chi connectivity index (χ2v) is 4.07. The van der Waals surface area contributed by atoms with Crippen molar-refractivity contribution in [3.63, 3.8) is 0 Å². The zero-order chi connectivity index (χ0) is 11.7. The first kappa shape index (κ1) is 10.1. The zero-order valence-corrected chi connectivity index (χ0v) is 9.31. The van der Waals surface area contributed by atoms with Gasteiger partial charge in [-0.05, 0) is 18.2 Å². The molecule has 17 heavy (non-hydrogen) atoms. The Hall–Kier alpha value is -2.06. The molecule has 1 saturated heterocycles. The van der Waals surface area contributed by atoms with Gasteiger partial charge in [0.25, 0.3) is 0 Å². The van der Waals surface area contributed by atoms with Gasteiger partial charge in [-0.1, -0.05) is 5.16 Å². The van der Waals surface area contributed by atoms with Crippen LogP contribution in [0.4, 0.5) is 5.82 Å². The molecule has 1 aliphatic rings. The van der Waals surface area contributed by atoms with E-state index in [0.29, 0.717) is 5.56 Å². The molecule has 0 bridgehead atoms. The van der Waals surface area contributed by atoms with E-state index in [9.17, 15) is 0 Å². The predicted octanol–water partition coefficient (Wildman–Crippen LogP) is 1.11. The van der Waals surface area contributed by atoms with Crippen molar-refractivity contribution in [1.29, 1.82) is 5.26 Å². The third-order valence-corrected chi connectivity index (χ3v) is 3.00. The van der Waals surface area contributed by atoms with E-state index in [2.05, 4.69) is 21.4 Å². The van der Waals surface area contributed by atoms with Crippen molar-refractivity contribution in [3.05, 3.63) is 23.8 Å². The lowest BCUT2D eigenvalue weighted by Gasteiger charge is -2.26. The van der Waals surface area contributed by atoms with Gasteiger partial charge in [0.05, 0.1) is 17.0 Å². The molecule has 1 aromatic carbocycles. The number of nitrogens with one attached hydrogen (secondary N) is 1. The Balaban J connectivity index is 2.06. The van der Waals surface area contributed by atoms with Crippen LogP contribution >= 0.6 is 0 Å². The van der Waals surface area contributed by atoms with Crippen LogP contribution in [0.15, 0.2) is 22.7 Å². The normalized spacial score (nSPS) is 16.1. The summed E-state index contributed by atoms with van der Waals surface area (Å²) >= 11 is 0. The number of piperazine rings is 1. The molecule has 1 aromatic heterocycles. The van der Waals surface area contributed by atoms with Gasteiger partial charge in [-0.25, -0.2) is 0 Å². The highest BCUT2D eigenvalue weighted by atomic mass is 16.5. The molecule has 0 amide bonds. The highest BCUT2D eigenvalue weighted by Crippen LogP contribution is 2.27. The molecule has 0 aliphatic carbocycles. The highest BCUT2D eigenvalue weighted by molar-refractivity contribution is 5.89. The van der Waals surface area contributed by atoms with Gasteiger partial charge < -0.3 is 14.7 Å². The van der Waals surface area contributed by atoms with Crippen LogP contribution in [0.2, 0.25) is 0 Å². The molecule has 0 saturated carbocycles. The van der Waals surface area contributed by atoms with Gasteiger partial charge in [-0.2, -0.15) is 5.26 Å². The summed E-state index contributed by atoms with van der Waals surface area (Å²) < 4.78 is 5.28. The van der Waals surface area contributed by atoms with Crippen molar-refractivity contribution in [2.45, 2.75) is 0 Å². The third-order valence-electron chi connectivity index (χ3n) is 3.00. The fourth-order valence-corrected chi connectivity index (χ4v) is 2.10. The predicted molar refractivity (Wildman–Crippen MR) is 63.8 cm³/mol. The summed E-state index contributed by atoms with van der Waals surface area (Å²) in [5, 5.41) is 17.2. The lowest BCUT2D eigenvalue weighted by Crippen LogP contribution is -2.43. The van der Waals surface area contributed by atoms with E-state index in [-0.39, 0.29) is 0 Å². The molecular formula is C12H12N4O. The minimum atomic E-state index is 0.636. The molecule has 1 N–H and O–H groups in total. The van der Waals surface area contributed by atoms with Gasteiger partial charge >= 0.3 is 0 Å². The number of rotatable bonds is 1. The average Bonchev–Trinajstić information content (AvgIpc) is 2.82. The summed E-state index contributed by atoms with van der Waals surface area (Å²) in [6.45, 7) is 3.73. The van der Waals surface area contributed by atoms with Crippen molar-refractivity contribution < 1.29 is 4.52 Å². The number of hydrogen-bond donors (Lipinski definition) is 1. The number of fused-ring (bicyclic) bond motifs is 1. The molecule has 2 aromatic rings. The number of benzene rings is 1. The van der Waals surface area contributed by atoms with Gasteiger partial charge in [0.1, 0.15) is 0 Å². The first-order chi connectivity index (χ1) is 8.38. The minimum absolute atomic E-state index is 0.636. The average molecular weight is 228 g/mol. The fraction of sp³-hybridized carbons (Fsp3) is 0.333. The van der Waals surface area contributed by atoms with Gasteiger partial charge in [-0.3, -0.25) is 0 Å². The van der Waals surface area contributed by atoms with Crippen molar-refractivity contribution in [2.24, 2.45) is 0 Å². The molecule has 1 fully saturated rings. The van der Waals surface area contributed by atoms with Crippen molar-refractivity contribution in [2.75, 3.05) is 31.1 Å². The summed E-state index contributed by atoms with van der Waals surface area (Å²) in [6.07, 6.45) is 0. The maximum Gasteiger partial charge on any atom is 0.180 e. The molecule has 3 rings (SSSR count). The monoisotopic (exact) mass is 228 g/mol. The number of nitriles is 1. The number of aromatic nitrogens is 1. The maximum atomic E-state index is 8.91. The zero-order valence-electron chi connectivity index (χ0n) is 9.31. The summed E-state index contributed by atoms with van der Waals surface area (Å²) in [5.74, 6) is 0.846. The Morgan fingerprint density at radius 3 is 2.94 bits per heavy atom. The number of anilines is 1. The Morgan fingerprint density at radius 2 is 2.18 bits per heavy atom. The largest absolute Gasteiger partial charge is 0.354 e. The van der Waals surface area contributed by atoms with Gasteiger partial charge in [0.2, 0.25) is 0 Å². The van der Waals surface area contributed by atoms with E-state index < -0.39 is 0 Å². The van der Waals surface area contributed by atoms with E-state index in [4.69, 9.17) is 9.78 Å². The quantitative estimate of drug-likeness (QED) is 0.792. The van der Waals surface area contributed by atoms with Crippen LogP contribution in [0.1, 0.15) is 5.56 Å². The molecular weight excluding hydrogens is 216 g/mol. The van der Waals surface area contributed by atoms with Crippen LogP contribution in [0.5, 0.6) is 0 Å². The van der Waals surface area contributed by atoms with Gasteiger partial charge in [-0.15, -0.1) is 0 Å². The van der Waals surface area contributed by atoms with E-state index in [1.54, 1.807) is 12.1 Å². The lowest BCUT2D eigenvalue weighted by atomic mass is 10.1. The van der Waals surface area contributed by atoms with Crippen LogP contribution in [0.25, 0.3) is 11.0 Å². The van der Waals surface area contributed by atoms with Crippen LogP contribution in [-0.2, 0) is 0 Å². The van der Waals surface area contributed by atoms with E-state index in [1.165, 1.54) is 0 Å². The number of hydrogen-bond acceptors (Lipinski definition) is 5. The first-order valence-corrected chi connectivity index (χ1v) is 5.64. The van der Waals surface area contributed by atoms with Crippen LogP contribution in [0, 0.1) is 11.3 Å². The Kier molecular flexibility index (Phi) is 2.42. The standard InChI is InChI=1S/C12H12N4O/c13-8-9-1-2-11-10(7-9)12(15-17-11)16-5-3-14-4-6-16/h1-2,7,14H,3-6H2. The van der Waals surface area contributed by atoms with Crippen LogP contribution in [-0.4, -0.2) is 31.3 Å². The first-order valence-electron chi connectivity index (χ1n) is 5.64. The Morgan fingerprint density at radius 1 is 1.35 bits per heavy atom. The number of nitrogens with zero attached hydrogens (tertiary/aromatic N) is 3. The highest BCUT2D eigenvalue weighted by Gasteiger charge is 2.17. The SMILES string of the molecule is N#Cc1ccc2onc(N3CCNCC3)c2c1. The minimum Gasteiger partial charge on any atom is -0.354 e. The summed E-state index contributed by atoms with van der Waals surface area (Å²) in [6, 6.07) is 7.52. The molecule has 1 aliphatic heterocycles. The summed E-state index contributed by atoms with van der Waals surface area (Å²) in [5.41, 5.74) is 1.37. The van der Waals surface area contributed by atoms with E-state index in [0.717, 1.165) is 43.0 Å². The van der Waals surface area contributed by atoms with E-state index >= 15 is 0 Å². The smallest absolute Gasteiger partial charge is 0.180 e. The van der Waals surface area contributed by atoms with Crippen molar-refractivity contribution in [3.8, 4) is 6.07 Å². The van der Waals surface area contributed by atoms with Crippen LogP contribution < -0.4 is 10.2 Å². The molecule has 0 spiro atoms. The molecule has 0 unspecified atom stereocenters. The van der Waals surface area contributed by atoms with Crippen molar-refractivity contribution in [1.82, 2.24) is 10.5 Å². The Labute approximate surface area is 98.6 Å². The molecule has 5 nitrogen and oxygen atoms in total. The Bertz CT molecular complexity index is 578. The molecule has 2 heterocycles. The maximum absolute atomic E-state index is 8.91. The molecule has 5 heteroatoms. The molecule has 86 valence electrons. The molecule has 0 atom stereocenters. The molecule has 0 radical (unpaired) electrons. The van der Waals surface area contributed by atoms with Gasteiger partial charge in [0.15, 0.2) is 11.4 Å². The van der Waals surface area contributed by atoms with E-state index in [1.807, 2.05) is 6.07 Å². The second kappa shape index (κ2) is 4.07. The topological polar surface area (TPSA) is 65.1 Å². The van der Waals surface area contributed by atoms with Gasteiger partial charge in [0, 0.05) is 26.2 Å². The second-order valence-electron chi connectivity index (χ2n) is 4.07. The summed E-state index contributed by atoms with van der Waals surface area (Å²) in [7, 11) is 0. The summed E-state index contributed by atoms with van der Waals surface area (Å²) in [4.78, 5) is 2.18. The lowest BCUT2D eigenvalue weighted by molar-refractivity contribution is 0.451. The van der Waals surface area contributed by atoms with Crippen molar-refractivity contribution >= 4 is 16.8 Å². The fourth-order valence-electron chi connectivity index (χ4n) is 2.10. The van der Waals surface area contributed by atoms with Crippen LogP contribution in [0.3, 0.4) is 0 Å². The third kappa shape index (κ3) is 1.73.